The van der Waals surface area contributed by atoms with E-state index in [2.05, 4.69) is 38.2 Å². The van der Waals surface area contributed by atoms with E-state index in [1.165, 1.54) is 5.56 Å². The van der Waals surface area contributed by atoms with Crippen LogP contribution in [0.3, 0.4) is 0 Å². The number of amides is 1. The second-order valence-corrected chi connectivity index (χ2v) is 6.59. The lowest BCUT2D eigenvalue weighted by molar-refractivity contribution is 0.0603. The highest BCUT2D eigenvalue weighted by Crippen LogP contribution is 2.16. The maximum absolute atomic E-state index is 12.6. The minimum atomic E-state index is 0.153. The van der Waals surface area contributed by atoms with Crippen molar-refractivity contribution in [2.75, 3.05) is 18.8 Å². The number of nitrogens with one attached hydrogen (secondary N) is 1. The molecule has 0 bridgehead atoms. The van der Waals surface area contributed by atoms with E-state index in [-0.39, 0.29) is 11.9 Å². The molecule has 0 radical (unpaired) electrons. The zero-order valence-corrected chi connectivity index (χ0v) is 13.4. The quantitative estimate of drug-likeness (QED) is 0.926. The number of hydrogen-bond donors (Lipinski definition) is 1. The Bertz CT molecular complexity index is 446. The maximum atomic E-state index is 12.6. The Hall–Kier alpha value is -1.00. The van der Waals surface area contributed by atoms with E-state index in [9.17, 15) is 4.79 Å². The third kappa shape index (κ3) is 3.55. The number of benzene rings is 1. The van der Waals surface area contributed by atoms with Crippen molar-refractivity contribution in [2.24, 2.45) is 0 Å². The summed E-state index contributed by atoms with van der Waals surface area (Å²) in [5.74, 6) is 2.30. The number of nitrogens with zero attached hydrogens (tertiary/aromatic N) is 1. The fourth-order valence-corrected chi connectivity index (χ4v) is 3.10. The first-order chi connectivity index (χ1) is 9.63. The molecule has 1 aromatic rings. The molecule has 1 heterocycles. The van der Waals surface area contributed by atoms with Crippen LogP contribution in [0.15, 0.2) is 24.3 Å². The van der Waals surface area contributed by atoms with E-state index in [0.29, 0.717) is 6.04 Å². The number of hydrogen-bond acceptors (Lipinski definition) is 3. The van der Waals surface area contributed by atoms with Crippen LogP contribution < -0.4 is 5.32 Å². The molecular weight excluding hydrogens is 268 g/mol. The molecule has 0 aromatic heterocycles. The summed E-state index contributed by atoms with van der Waals surface area (Å²) < 4.78 is 0. The van der Waals surface area contributed by atoms with Crippen molar-refractivity contribution >= 4 is 17.7 Å². The van der Waals surface area contributed by atoms with Crippen molar-refractivity contribution in [3.63, 3.8) is 0 Å². The van der Waals surface area contributed by atoms with Crippen molar-refractivity contribution in [3.05, 3.63) is 35.4 Å². The number of carbonyl (C=O) groups is 1. The van der Waals surface area contributed by atoms with Crippen LogP contribution in [0.4, 0.5) is 0 Å². The first-order valence-electron chi connectivity index (χ1n) is 7.34. The van der Waals surface area contributed by atoms with Gasteiger partial charge >= 0.3 is 0 Å². The molecule has 1 N–H and O–H groups in total. The second kappa shape index (κ2) is 7.14. The van der Waals surface area contributed by atoms with E-state index in [0.717, 1.165) is 30.2 Å². The van der Waals surface area contributed by atoms with Gasteiger partial charge in [0.1, 0.15) is 0 Å². The lowest BCUT2D eigenvalue weighted by atomic mass is 10.0. The van der Waals surface area contributed by atoms with E-state index in [1.54, 1.807) is 0 Å². The van der Waals surface area contributed by atoms with Gasteiger partial charge in [0, 0.05) is 36.5 Å². The first kappa shape index (κ1) is 15.4. The zero-order chi connectivity index (χ0) is 14.5. The summed E-state index contributed by atoms with van der Waals surface area (Å²) in [5, 5.41) is 3.40. The Kier molecular flexibility index (Phi) is 5.49. The molecule has 4 heteroatoms. The van der Waals surface area contributed by atoms with E-state index < -0.39 is 0 Å². The topological polar surface area (TPSA) is 32.3 Å². The molecule has 1 aliphatic heterocycles. The van der Waals surface area contributed by atoms with Crippen molar-refractivity contribution in [2.45, 2.75) is 38.6 Å². The van der Waals surface area contributed by atoms with Gasteiger partial charge in [-0.1, -0.05) is 19.1 Å². The number of piperazine rings is 1. The average Bonchev–Trinajstić information content (AvgIpc) is 2.48. The Labute approximate surface area is 126 Å². The normalized spacial score (nSPS) is 22.9. The van der Waals surface area contributed by atoms with Gasteiger partial charge in [0.05, 0.1) is 0 Å². The van der Waals surface area contributed by atoms with Crippen LogP contribution in [0.2, 0.25) is 0 Å². The summed E-state index contributed by atoms with van der Waals surface area (Å²) in [4.78, 5) is 14.6. The third-order valence-corrected chi connectivity index (χ3v) is 4.91. The van der Waals surface area contributed by atoms with Crippen LogP contribution in [-0.4, -0.2) is 41.7 Å². The molecule has 1 saturated heterocycles. The number of thioether (sulfide) groups is 1. The molecule has 0 saturated carbocycles. The smallest absolute Gasteiger partial charge is 0.254 e. The van der Waals surface area contributed by atoms with Crippen LogP contribution in [0, 0.1) is 0 Å². The Balaban J connectivity index is 2.05. The first-order valence-corrected chi connectivity index (χ1v) is 8.50. The van der Waals surface area contributed by atoms with Gasteiger partial charge < -0.3 is 10.2 Å². The van der Waals surface area contributed by atoms with E-state index in [1.807, 2.05) is 28.8 Å². The van der Waals surface area contributed by atoms with Gasteiger partial charge in [0.25, 0.3) is 5.91 Å². The summed E-state index contributed by atoms with van der Waals surface area (Å²) in [6.45, 7) is 8.08. The van der Waals surface area contributed by atoms with Crippen molar-refractivity contribution in [1.82, 2.24) is 10.2 Å². The summed E-state index contributed by atoms with van der Waals surface area (Å²) in [6, 6.07) is 8.68. The predicted molar refractivity (Wildman–Crippen MR) is 86.2 cm³/mol. The van der Waals surface area contributed by atoms with Gasteiger partial charge in [0.2, 0.25) is 0 Å². The average molecular weight is 292 g/mol. The number of rotatable bonds is 4. The largest absolute Gasteiger partial charge is 0.333 e. The summed E-state index contributed by atoms with van der Waals surface area (Å²) in [5.41, 5.74) is 2.09. The fraction of sp³-hybridized carbons (Fsp3) is 0.562. The van der Waals surface area contributed by atoms with Crippen molar-refractivity contribution in [3.8, 4) is 0 Å². The molecule has 0 spiro atoms. The zero-order valence-electron chi connectivity index (χ0n) is 12.6. The van der Waals surface area contributed by atoms with Crippen molar-refractivity contribution < 1.29 is 4.79 Å². The van der Waals surface area contributed by atoms with Gasteiger partial charge in [-0.15, -0.1) is 0 Å². The summed E-state index contributed by atoms with van der Waals surface area (Å²) >= 11 is 1.90. The minimum Gasteiger partial charge on any atom is -0.333 e. The van der Waals surface area contributed by atoms with Gasteiger partial charge in [0.15, 0.2) is 0 Å². The molecule has 1 amide bonds. The Morgan fingerprint density at radius 1 is 1.35 bits per heavy atom. The predicted octanol–water partition coefficient (Wildman–Crippen LogP) is 2.76. The molecule has 1 aromatic carbocycles. The van der Waals surface area contributed by atoms with Crippen LogP contribution in [-0.2, 0) is 5.75 Å². The van der Waals surface area contributed by atoms with Crippen LogP contribution in [0.25, 0.3) is 0 Å². The standard InChI is InChI=1S/C16H24N2OS/c1-4-20-11-14-5-7-15(8-6-14)16(19)18-10-9-17-12(2)13(18)3/h5-8,12-13,17H,4,9-11H2,1-3H3. The minimum absolute atomic E-state index is 0.153. The fourth-order valence-electron chi connectivity index (χ4n) is 2.47. The van der Waals surface area contributed by atoms with Crippen molar-refractivity contribution in [1.29, 1.82) is 0 Å². The van der Waals surface area contributed by atoms with Crippen LogP contribution in [0.5, 0.6) is 0 Å². The number of carbonyl (C=O) groups excluding carboxylic acids is 1. The second-order valence-electron chi connectivity index (χ2n) is 5.32. The van der Waals surface area contributed by atoms with Crippen LogP contribution in [0.1, 0.15) is 36.7 Å². The highest BCUT2D eigenvalue weighted by molar-refractivity contribution is 7.98. The van der Waals surface area contributed by atoms with Gasteiger partial charge in [-0.3, -0.25) is 4.79 Å². The molecule has 0 aliphatic carbocycles. The monoisotopic (exact) mass is 292 g/mol. The molecule has 3 nitrogen and oxygen atoms in total. The van der Waals surface area contributed by atoms with Gasteiger partial charge in [-0.2, -0.15) is 11.8 Å². The SMILES string of the molecule is CCSCc1ccc(C(=O)N2CCNC(C)C2C)cc1. The highest BCUT2D eigenvalue weighted by Gasteiger charge is 2.28. The molecule has 2 unspecified atom stereocenters. The molecule has 2 rings (SSSR count). The van der Waals surface area contributed by atoms with Crippen LogP contribution >= 0.6 is 11.8 Å². The molecule has 20 heavy (non-hydrogen) atoms. The van der Waals surface area contributed by atoms with E-state index >= 15 is 0 Å². The molecular formula is C16H24N2OS. The summed E-state index contributed by atoms with van der Waals surface area (Å²) in [6.07, 6.45) is 0. The summed E-state index contributed by atoms with van der Waals surface area (Å²) in [7, 11) is 0. The Morgan fingerprint density at radius 2 is 2.05 bits per heavy atom. The van der Waals surface area contributed by atoms with E-state index in [4.69, 9.17) is 0 Å². The molecule has 1 fully saturated rings. The van der Waals surface area contributed by atoms with Gasteiger partial charge in [-0.25, -0.2) is 0 Å². The molecule has 1 aliphatic rings. The third-order valence-electron chi connectivity index (χ3n) is 3.97. The van der Waals surface area contributed by atoms with Gasteiger partial charge in [-0.05, 0) is 37.3 Å². The molecule has 2 atom stereocenters. The Morgan fingerprint density at radius 3 is 2.70 bits per heavy atom. The maximum Gasteiger partial charge on any atom is 0.254 e. The highest BCUT2D eigenvalue weighted by atomic mass is 32.2. The lowest BCUT2D eigenvalue weighted by Gasteiger charge is -2.38. The molecule has 110 valence electrons. The lowest BCUT2D eigenvalue weighted by Crippen LogP contribution is -2.57.